The van der Waals surface area contributed by atoms with Crippen molar-refractivity contribution in [3.8, 4) is 0 Å². The number of aliphatic imine (C=N–C) groups is 1. The number of halogens is 1. The molecule has 0 radical (unpaired) electrons. The van der Waals surface area contributed by atoms with Gasteiger partial charge in [-0.25, -0.2) is 4.99 Å². The summed E-state index contributed by atoms with van der Waals surface area (Å²) in [5.74, 6) is 0.875. The van der Waals surface area contributed by atoms with Gasteiger partial charge in [0.2, 0.25) is 0 Å². The summed E-state index contributed by atoms with van der Waals surface area (Å²) < 4.78 is 11.3. The maximum Gasteiger partial charge on any atom is 0.191 e. The Balaban J connectivity index is 0.00000338. The molecule has 0 bridgehead atoms. The van der Waals surface area contributed by atoms with Gasteiger partial charge in [-0.3, -0.25) is 0 Å². The van der Waals surface area contributed by atoms with Crippen molar-refractivity contribution in [1.29, 1.82) is 0 Å². The number of nitrogens with zero attached hydrogens (tertiary/aromatic N) is 1. The fourth-order valence-corrected chi connectivity index (χ4v) is 2.93. The molecule has 0 aromatic heterocycles. The zero-order valence-electron chi connectivity index (χ0n) is 16.1. The molecule has 0 aliphatic carbocycles. The lowest BCUT2D eigenvalue weighted by Crippen LogP contribution is -2.38. The molecule has 2 rings (SSSR count). The van der Waals surface area contributed by atoms with E-state index in [0.717, 1.165) is 64.6 Å². The highest BCUT2D eigenvalue weighted by Gasteiger charge is 2.13. The molecule has 0 saturated carbocycles. The molecule has 0 atom stereocenters. The van der Waals surface area contributed by atoms with E-state index >= 15 is 0 Å². The van der Waals surface area contributed by atoms with Gasteiger partial charge in [0.1, 0.15) is 0 Å². The largest absolute Gasteiger partial charge is 0.381 e. The van der Waals surface area contributed by atoms with E-state index in [1.807, 2.05) is 0 Å². The summed E-state index contributed by atoms with van der Waals surface area (Å²) in [4.78, 5) is 4.72. The fourth-order valence-electron chi connectivity index (χ4n) is 2.93. The number of hydrogen-bond acceptors (Lipinski definition) is 3. The summed E-state index contributed by atoms with van der Waals surface area (Å²) in [5.41, 5.74) is 2.66. The van der Waals surface area contributed by atoms with E-state index in [1.54, 1.807) is 0 Å². The standard InChI is InChI=1S/C20H33N3O2.HI/c1-3-17-8-5-6-9-18(17)16-23-20(21-4-2)22-12-7-13-25-19-10-14-24-15-11-19;/h5-6,8-9,19H,3-4,7,10-16H2,1-2H3,(H2,21,22,23);1H. The summed E-state index contributed by atoms with van der Waals surface area (Å²) in [7, 11) is 0. The second kappa shape index (κ2) is 14.2. The van der Waals surface area contributed by atoms with Crippen LogP contribution in [-0.4, -0.2) is 45.0 Å². The Bertz CT molecular complexity index is 520. The molecule has 1 heterocycles. The van der Waals surface area contributed by atoms with Crippen LogP contribution >= 0.6 is 24.0 Å². The van der Waals surface area contributed by atoms with Crippen molar-refractivity contribution >= 4 is 29.9 Å². The van der Waals surface area contributed by atoms with E-state index in [1.165, 1.54) is 11.1 Å². The lowest BCUT2D eigenvalue weighted by Gasteiger charge is -2.22. The van der Waals surface area contributed by atoms with Crippen LogP contribution in [0.4, 0.5) is 0 Å². The lowest BCUT2D eigenvalue weighted by molar-refractivity contribution is -0.0320. The van der Waals surface area contributed by atoms with Crippen molar-refractivity contribution in [3.05, 3.63) is 35.4 Å². The number of guanidine groups is 1. The van der Waals surface area contributed by atoms with E-state index in [0.29, 0.717) is 12.6 Å². The van der Waals surface area contributed by atoms with Crippen molar-refractivity contribution in [2.24, 2.45) is 4.99 Å². The summed E-state index contributed by atoms with van der Waals surface area (Å²) in [5, 5.41) is 6.71. The molecule has 1 aliphatic rings. The zero-order valence-corrected chi connectivity index (χ0v) is 18.5. The molecule has 0 unspecified atom stereocenters. The van der Waals surface area contributed by atoms with Crippen LogP contribution in [0.25, 0.3) is 0 Å². The van der Waals surface area contributed by atoms with Crippen LogP contribution in [-0.2, 0) is 22.4 Å². The molecule has 1 saturated heterocycles. The zero-order chi connectivity index (χ0) is 17.7. The molecular weight excluding hydrogens is 441 g/mol. The summed E-state index contributed by atoms with van der Waals surface area (Å²) in [6.07, 6.45) is 4.44. The topological polar surface area (TPSA) is 54.9 Å². The molecule has 26 heavy (non-hydrogen) atoms. The van der Waals surface area contributed by atoms with Crippen LogP contribution in [0, 0.1) is 0 Å². The Kier molecular flexibility index (Phi) is 12.7. The van der Waals surface area contributed by atoms with Gasteiger partial charge in [0.25, 0.3) is 0 Å². The van der Waals surface area contributed by atoms with E-state index < -0.39 is 0 Å². The van der Waals surface area contributed by atoms with Crippen molar-refractivity contribution < 1.29 is 9.47 Å². The number of nitrogens with one attached hydrogen (secondary N) is 2. The van der Waals surface area contributed by atoms with Gasteiger partial charge in [-0.1, -0.05) is 31.2 Å². The number of rotatable bonds is 9. The minimum absolute atomic E-state index is 0. The highest BCUT2D eigenvalue weighted by molar-refractivity contribution is 14.0. The number of benzene rings is 1. The third kappa shape index (κ3) is 8.68. The minimum atomic E-state index is 0. The Morgan fingerprint density at radius 2 is 1.88 bits per heavy atom. The summed E-state index contributed by atoms with van der Waals surface area (Å²) in [6, 6.07) is 8.51. The average Bonchev–Trinajstić information content (AvgIpc) is 2.66. The molecule has 2 N–H and O–H groups in total. The van der Waals surface area contributed by atoms with Gasteiger partial charge >= 0.3 is 0 Å². The van der Waals surface area contributed by atoms with Crippen molar-refractivity contribution in [2.45, 2.75) is 52.2 Å². The molecule has 5 nitrogen and oxygen atoms in total. The first kappa shape index (κ1) is 23.2. The first-order chi connectivity index (χ1) is 12.3. The lowest BCUT2D eigenvalue weighted by atomic mass is 10.1. The van der Waals surface area contributed by atoms with E-state index in [4.69, 9.17) is 14.5 Å². The van der Waals surface area contributed by atoms with Gasteiger partial charge in [0, 0.05) is 32.9 Å². The first-order valence-corrected chi connectivity index (χ1v) is 9.61. The average molecular weight is 475 g/mol. The van der Waals surface area contributed by atoms with Gasteiger partial charge in [0.05, 0.1) is 12.6 Å². The molecule has 1 aromatic carbocycles. The van der Waals surface area contributed by atoms with E-state index in [-0.39, 0.29) is 24.0 Å². The normalized spacial score (nSPS) is 15.4. The second-order valence-corrected chi connectivity index (χ2v) is 6.28. The van der Waals surface area contributed by atoms with Gasteiger partial charge < -0.3 is 20.1 Å². The van der Waals surface area contributed by atoms with E-state index in [9.17, 15) is 0 Å². The Hall–Kier alpha value is -0.860. The second-order valence-electron chi connectivity index (χ2n) is 6.28. The Morgan fingerprint density at radius 1 is 1.15 bits per heavy atom. The SMILES string of the molecule is CCNC(=NCc1ccccc1CC)NCCCOC1CCOCC1.I. The molecular formula is C20H34IN3O2. The third-order valence-electron chi connectivity index (χ3n) is 4.39. The monoisotopic (exact) mass is 475 g/mol. The molecule has 0 amide bonds. The Labute approximate surface area is 175 Å². The predicted molar refractivity (Wildman–Crippen MR) is 118 cm³/mol. The van der Waals surface area contributed by atoms with Crippen LogP contribution < -0.4 is 10.6 Å². The van der Waals surface area contributed by atoms with Crippen LogP contribution in [0.15, 0.2) is 29.3 Å². The van der Waals surface area contributed by atoms with Crippen LogP contribution in [0.5, 0.6) is 0 Å². The van der Waals surface area contributed by atoms with Gasteiger partial charge in [-0.05, 0) is 43.7 Å². The van der Waals surface area contributed by atoms with Gasteiger partial charge in [0.15, 0.2) is 5.96 Å². The van der Waals surface area contributed by atoms with Crippen LogP contribution in [0.2, 0.25) is 0 Å². The maximum atomic E-state index is 5.90. The highest BCUT2D eigenvalue weighted by atomic mass is 127. The smallest absolute Gasteiger partial charge is 0.191 e. The summed E-state index contributed by atoms with van der Waals surface area (Å²) >= 11 is 0. The molecule has 0 spiro atoms. The van der Waals surface area contributed by atoms with Crippen LogP contribution in [0.1, 0.15) is 44.2 Å². The van der Waals surface area contributed by atoms with Crippen molar-refractivity contribution in [2.75, 3.05) is 32.9 Å². The molecule has 1 fully saturated rings. The minimum Gasteiger partial charge on any atom is -0.381 e. The summed E-state index contributed by atoms with van der Waals surface area (Å²) in [6.45, 7) is 9.16. The number of aryl methyl sites for hydroxylation is 1. The number of ether oxygens (including phenoxy) is 2. The predicted octanol–water partition coefficient (Wildman–Crippen LogP) is 3.51. The third-order valence-corrected chi connectivity index (χ3v) is 4.39. The van der Waals surface area contributed by atoms with Crippen LogP contribution in [0.3, 0.4) is 0 Å². The van der Waals surface area contributed by atoms with Gasteiger partial charge in [-0.2, -0.15) is 0 Å². The van der Waals surface area contributed by atoms with E-state index in [2.05, 4.69) is 48.7 Å². The molecule has 1 aromatic rings. The molecule has 1 aliphatic heterocycles. The van der Waals surface area contributed by atoms with Gasteiger partial charge in [-0.15, -0.1) is 24.0 Å². The van der Waals surface area contributed by atoms with Crippen molar-refractivity contribution in [3.63, 3.8) is 0 Å². The molecule has 148 valence electrons. The number of hydrogen-bond donors (Lipinski definition) is 2. The quantitative estimate of drug-likeness (QED) is 0.249. The van der Waals surface area contributed by atoms with Crippen molar-refractivity contribution in [1.82, 2.24) is 10.6 Å². The first-order valence-electron chi connectivity index (χ1n) is 9.61. The Morgan fingerprint density at radius 3 is 2.58 bits per heavy atom. The fraction of sp³-hybridized carbons (Fsp3) is 0.650. The highest BCUT2D eigenvalue weighted by Crippen LogP contribution is 2.11. The molecule has 6 heteroatoms. The maximum absolute atomic E-state index is 5.90.